The number of nitrogens with zero attached hydrogens (tertiary/aromatic N) is 2. The average Bonchev–Trinajstić information content (AvgIpc) is 2.70. The van der Waals surface area contributed by atoms with Crippen molar-refractivity contribution in [2.45, 2.75) is 17.3 Å². The standard InChI is InChI=1S/C12H15N3OS3/c1-3-18-12-14-15(2)11(19-12)13-10(16)8-6-4-5-7-9(8)17/h4-7,11,17H,3H2,1-2H3,(H,13,16). The van der Waals surface area contributed by atoms with E-state index in [-0.39, 0.29) is 11.4 Å². The molecule has 0 radical (unpaired) electrons. The maximum absolute atomic E-state index is 12.2. The van der Waals surface area contributed by atoms with E-state index >= 15 is 0 Å². The number of rotatable bonds is 3. The largest absolute Gasteiger partial charge is 0.322 e. The van der Waals surface area contributed by atoms with Crippen molar-refractivity contribution in [2.75, 3.05) is 12.8 Å². The number of thiol groups is 1. The van der Waals surface area contributed by atoms with Gasteiger partial charge in [0.05, 0.1) is 5.56 Å². The van der Waals surface area contributed by atoms with Crippen molar-refractivity contribution >= 4 is 46.4 Å². The predicted octanol–water partition coefficient (Wildman–Crippen LogP) is 2.69. The molecule has 0 spiro atoms. The second kappa shape index (κ2) is 6.58. The number of benzene rings is 1. The summed E-state index contributed by atoms with van der Waals surface area (Å²) in [6.07, 6.45) is 0. The molecule has 0 saturated carbocycles. The molecule has 0 fully saturated rings. The fraction of sp³-hybridized carbons (Fsp3) is 0.333. The number of amides is 1. The molecule has 1 aliphatic rings. The van der Waals surface area contributed by atoms with Crippen LogP contribution in [0.2, 0.25) is 0 Å². The molecule has 0 bridgehead atoms. The molecule has 1 atom stereocenters. The number of hydrogen-bond donors (Lipinski definition) is 2. The molecule has 0 aromatic heterocycles. The quantitative estimate of drug-likeness (QED) is 0.842. The lowest BCUT2D eigenvalue weighted by molar-refractivity contribution is 0.0918. The van der Waals surface area contributed by atoms with Gasteiger partial charge in [0.25, 0.3) is 5.91 Å². The lowest BCUT2D eigenvalue weighted by atomic mass is 10.2. The van der Waals surface area contributed by atoms with E-state index in [1.807, 2.05) is 19.2 Å². The van der Waals surface area contributed by atoms with Crippen LogP contribution in [-0.2, 0) is 0 Å². The summed E-state index contributed by atoms with van der Waals surface area (Å²) in [4.78, 5) is 12.8. The minimum atomic E-state index is -0.158. The normalized spacial score (nSPS) is 18.4. The second-order valence-corrected chi connectivity index (χ2v) is 6.90. The zero-order chi connectivity index (χ0) is 13.8. The van der Waals surface area contributed by atoms with Crippen LogP contribution < -0.4 is 5.32 Å². The molecule has 1 heterocycles. The van der Waals surface area contributed by atoms with Gasteiger partial charge in [-0.05, 0) is 29.6 Å². The van der Waals surface area contributed by atoms with E-state index in [1.165, 1.54) is 0 Å². The number of thioether (sulfide) groups is 2. The molecule has 1 aliphatic heterocycles. The van der Waals surface area contributed by atoms with Gasteiger partial charge in [-0.2, -0.15) is 5.10 Å². The fourth-order valence-corrected chi connectivity index (χ4v) is 3.87. The molecular weight excluding hydrogens is 298 g/mol. The van der Waals surface area contributed by atoms with Gasteiger partial charge in [0.2, 0.25) is 0 Å². The summed E-state index contributed by atoms with van der Waals surface area (Å²) in [7, 11) is 1.85. The van der Waals surface area contributed by atoms with Crippen LogP contribution in [0.25, 0.3) is 0 Å². The van der Waals surface area contributed by atoms with Gasteiger partial charge in [0, 0.05) is 11.9 Å². The van der Waals surface area contributed by atoms with Crippen molar-refractivity contribution in [2.24, 2.45) is 5.10 Å². The highest BCUT2D eigenvalue weighted by Gasteiger charge is 2.26. The van der Waals surface area contributed by atoms with Crippen LogP contribution in [0.3, 0.4) is 0 Å². The number of carbonyl (C=O) groups is 1. The number of hydrogen-bond acceptors (Lipinski definition) is 6. The van der Waals surface area contributed by atoms with Crippen LogP contribution in [0.4, 0.5) is 0 Å². The molecule has 102 valence electrons. The van der Waals surface area contributed by atoms with E-state index in [4.69, 9.17) is 0 Å². The molecule has 1 unspecified atom stereocenters. The molecule has 4 nitrogen and oxygen atoms in total. The van der Waals surface area contributed by atoms with Gasteiger partial charge in [0.15, 0.2) is 9.87 Å². The highest BCUT2D eigenvalue weighted by atomic mass is 32.2. The lowest BCUT2D eigenvalue weighted by Crippen LogP contribution is -2.39. The van der Waals surface area contributed by atoms with Crippen LogP contribution >= 0.6 is 36.2 Å². The summed E-state index contributed by atoms with van der Waals surface area (Å²) < 4.78 is 0.981. The van der Waals surface area contributed by atoms with Crippen LogP contribution in [0.5, 0.6) is 0 Å². The van der Waals surface area contributed by atoms with Crippen molar-refractivity contribution < 1.29 is 4.79 Å². The van der Waals surface area contributed by atoms with Gasteiger partial charge in [-0.15, -0.1) is 12.6 Å². The molecule has 0 saturated heterocycles. The number of nitrogens with one attached hydrogen (secondary N) is 1. The van der Waals surface area contributed by atoms with Crippen LogP contribution in [0.1, 0.15) is 17.3 Å². The van der Waals surface area contributed by atoms with Crippen molar-refractivity contribution in [3.63, 3.8) is 0 Å². The first-order valence-corrected chi connectivity index (χ1v) is 8.12. The van der Waals surface area contributed by atoms with Crippen molar-refractivity contribution in [3.05, 3.63) is 29.8 Å². The Morgan fingerprint density at radius 1 is 1.58 bits per heavy atom. The Morgan fingerprint density at radius 3 is 3.00 bits per heavy atom. The Hall–Kier alpha value is -0.790. The molecule has 7 heteroatoms. The summed E-state index contributed by atoms with van der Waals surface area (Å²) in [6.45, 7) is 2.08. The lowest BCUT2D eigenvalue weighted by Gasteiger charge is -2.19. The maximum Gasteiger partial charge on any atom is 0.254 e. The summed E-state index contributed by atoms with van der Waals surface area (Å²) >= 11 is 7.53. The first-order chi connectivity index (χ1) is 9.11. The van der Waals surface area contributed by atoms with Crippen LogP contribution in [0.15, 0.2) is 34.3 Å². The van der Waals surface area contributed by atoms with Crippen molar-refractivity contribution in [1.29, 1.82) is 0 Å². The molecule has 1 N–H and O–H groups in total. The molecule has 1 aromatic carbocycles. The van der Waals surface area contributed by atoms with E-state index in [9.17, 15) is 4.79 Å². The van der Waals surface area contributed by atoms with Gasteiger partial charge < -0.3 is 5.32 Å². The Kier molecular flexibility index (Phi) is 5.06. The van der Waals surface area contributed by atoms with Crippen molar-refractivity contribution in [3.8, 4) is 0 Å². The Bertz CT molecular complexity index is 507. The van der Waals surface area contributed by atoms with Gasteiger partial charge in [0.1, 0.15) is 0 Å². The summed E-state index contributed by atoms with van der Waals surface area (Å²) in [6, 6.07) is 7.25. The van der Waals surface area contributed by atoms with Crippen LogP contribution in [0, 0.1) is 0 Å². The molecule has 2 rings (SSSR count). The Balaban J connectivity index is 2.00. The first kappa shape index (κ1) is 14.6. The molecule has 1 aromatic rings. The highest BCUT2D eigenvalue weighted by molar-refractivity contribution is 8.39. The van der Waals surface area contributed by atoms with Gasteiger partial charge in [-0.3, -0.25) is 9.80 Å². The fourth-order valence-electron chi connectivity index (χ4n) is 1.54. The third-order valence-electron chi connectivity index (χ3n) is 2.46. The Labute approximate surface area is 126 Å². The molecule has 19 heavy (non-hydrogen) atoms. The summed E-state index contributed by atoms with van der Waals surface area (Å²) in [5, 5.41) is 9.08. The molecule has 0 aliphatic carbocycles. The smallest absolute Gasteiger partial charge is 0.254 e. The maximum atomic E-state index is 12.2. The third kappa shape index (κ3) is 3.61. The number of carbonyl (C=O) groups excluding carboxylic acids is 1. The minimum Gasteiger partial charge on any atom is -0.322 e. The topological polar surface area (TPSA) is 44.7 Å². The molecular formula is C12H15N3OS3. The Morgan fingerprint density at radius 2 is 2.32 bits per heavy atom. The molecule has 1 amide bonds. The monoisotopic (exact) mass is 313 g/mol. The predicted molar refractivity (Wildman–Crippen MR) is 85.9 cm³/mol. The van der Waals surface area contributed by atoms with Gasteiger partial charge in [-0.25, -0.2) is 0 Å². The zero-order valence-corrected chi connectivity index (χ0v) is 13.2. The van der Waals surface area contributed by atoms with E-state index in [1.54, 1.807) is 40.7 Å². The van der Waals surface area contributed by atoms with Gasteiger partial charge in [-0.1, -0.05) is 30.8 Å². The van der Waals surface area contributed by atoms with Gasteiger partial charge >= 0.3 is 0 Å². The van der Waals surface area contributed by atoms with Crippen molar-refractivity contribution in [1.82, 2.24) is 10.3 Å². The third-order valence-corrected chi connectivity index (χ3v) is 5.04. The van der Waals surface area contributed by atoms with E-state index < -0.39 is 0 Å². The zero-order valence-electron chi connectivity index (χ0n) is 10.7. The first-order valence-electron chi connectivity index (χ1n) is 5.81. The van der Waals surface area contributed by atoms with Crippen LogP contribution in [-0.4, -0.2) is 33.6 Å². The minimum absolute atomic E-state index is 0.132. The SMILES string of the molecule is CCSC1=NN(C)C(NC(=O)c2ccccc2S)S1. The number of hydrazone groups is 1. The average molecular weight is 313 g/mol. The van der Waals surface area contributed by atoms with E-state index in [0.29, 0.717) is 10.5 Å². The second-order valence-electron chi connectivity index (χ2n) is 3.83. The summed E-state index contributed by atoms with van der Waals surface area (Å²) in [5.74, 6) is 0.840. The van der Waals surface area contributed by atoms with E-state index in [2.05, 4.69) is 30.0 Å². The highest BCUT2D eigenvalue weighted by Crippen LogP contribution is 2.29. The van der Waals surface area contributed by atoms with E-state index in [0.717, 1.165) is 10.1 Å². The summed E-state index contributed by atoms with van der Waals surface area (Å²) in [5.41, 5.74) is 0.422.